The van der Waals surface area contributed by atoms with E-state index in [0.29, 0.717) is 12.8 Å². The highest BCUT2D eigenvalue weighted by Gasteiger charge is 2.28. The lowest BCUT2D eigenvalue weighted by Crippen LogP contribution is -2.50. The van der Waals surface area contributed by atoms with Crippen molar-refractivity contribution >= 4 is 90.1 Å². The highest BCUT2D eigenvalue weighted by atomic mass is 33.1. The van der Waals surface area contributed by atoms with Gasteiger partial charge < -0.3 is 50.8 Å². The number of ether oxygens (including phenoxy) is 4. The van der Waals surface area contributed by atoms with E-state index < -0.39 is 84.8 Å². The van der Waals surface area contributed by atoms with Crippen LogP contribution in [0.3, 0.4) is 0 Å². The van der Waals surface area contributed by atoms with Crippen LogP contribution in [0.2, 0.25) is 0 Å². The largest absolute Gasteiger partial charge is 0.468 e. The van der Waals surface area contributed by atoms with Crippen molar-refractivity contribution in [3.63, 3.8) is 0 Å². The minimum absolute atomic E-state index is 0.111. The average molecular weight is 883 g/mol. The second kappa shape index (κ2) is 32.7. The maximum atomic E-state index is 13.0. The molecule has 0 aromatic heterocycles. The zero-order valence-electron chi connectivity index (χ0n) is 33.7. The van der Waals surface area contributed by atoms with E-state index in [-0.39, 0.29) is 61.8 Å². The molecule has 5 unspecified atom stereocenters. The number of hydrogen-bond donors (Lipinski definition) is 6. The summed E-state index contributed by atoms with van der Waals surface area (Å²) in [5.41, 5.74) is 0. The van der Waals surface area contributed by atoms with E-state index in [4.69, 9.17) is 9.47 Å². The molecule has 330 valence electrons. The maximum absolute atomic E-state index is 13.0. The first kappa shape index (κ1) is 53.8. The van der Waals surface area contributed by atoms with E-state index in [2.05, 4.69) is 50.6 Å². The van der Waals surface area contributed by atoms with Crippen molar-refractivity contribution in [1.29, 1.82) is 0 Å². The Hall–Kier alpha value is -4.17. The summed E-state index contributed by atoms with van der Waals surface area (Å²) >= 11 is 0. The summed E-state index contributed by atoms with van der Waals surface area (Å²) < 4.78 is 18.6. The van der Waals surface area contributed by atoms with Crippen molar-refractivity contribution in [3.8, 4) is 0 Å². The van der Waals surface area contributed by atoms with Gasteiger partial charge in [-0.05, 0) is 38.3 Å². The third kappa shape index (κ3) is 25.2. The molecule has 23 heteroatoms. The Labute approximate surface area is 348 Å². The zero-order valence-corrected chi connectivity index (χ0v) is 36.5. The summed E-state index contributed by atoms with van der Waals surface area (Å²) in [6.07, 6.45) is 4.05. The first-order valence-electron chi connectivity index (χ1n) is 18.6. The lowest BCUT2D eigenvalue weighted by molar-refractivity contribution is -0.146. The van der Waals surface area contributed by atoms with Crippen LogP contribution in [0.1, 0.15) is 77.6 Å². The van der Waals surface area contributed by atoms with E-state index in [0.717, 1.165) is 75.5 Å². The van der Waals surface area contributed by atoms with Crippen molar-refractivity contribution in [2.24, 2.45) is 0 Å². The van der Waals surface area contributed by atoms with E-state index in [1.54, 1.807) is 0 Å². The molecule has 0 bridgehead atoms. The van der Waals surface area contributed by atoms with Gasteiger partial charge >= 0.3 is 23.9 Å². The molecule has 0 rings (SSSR count). The van der Waals surface area contributed by atoms with Gasteiger partial charge in [0.15, 0.2) is 0 Å². The molecule has 0 aliphatic rings. The van der Waals surface area contributed by atoms with Crippen LogP contribution in [-0.2, 0) is 66.9 Å². The van der Waals surface area contributed by atoms with Crippen molar-refractivity contribution in [1.82, 2.24) is 31.9 Å². The van der Waals surface area contributed by atoms with Gasteiger partial charge in [-0.25, -0.2) is 9.59 Å². The number of rotatable bonds is 31. The molecule has 0 fully saturated rings. The molecule has 0 radical (unpaired) electrons. The molecule has 0 aliphatic heterocycles. The molecule has 0 aliphatic carbocycles. The smallest absolute Gasteiger partial charge is 0.328 e. The number of hydrogen-bond acceptors (Lipinski definition) is 16. The standard InChI is InChI=1S/C35H59N6O14PS2/c1-6-7-8-11-26(42)38-22(34(50)54-4)13-15-28(44)40-24(32(48)36-18-30(46)52-2)20-57-58-21-25(33(49)37-19-31(47)53-3)41-29(45)16-14-23(35(51)55-5)39-27(43)12-9-10-17-56/h22-25H,6-21,56H2,1-5H3,(H,36,48)(H,37,49)(H,38,42)(H,39,43)(H,40,44)(H,41,45). The molecule has 58 heavy (non-hydrogen) atoms. The van der Waals surface area contributed by atoms with Crippen LogP contribution >= 0.6 is 30.8 Å². The second-order valence-electron chi connectivity index (χ2n) is 12.5. The highest BCUT2D eigenvalue weighted by molar-refractivity contribution is 8.76. The highest BCUT2D eigenvalue weighted by Crippen LogP contribution is 2.23. The quantitative estimate of drug-likeness (QED) is 0.0167. The Morgan fingerprint density at radius 1 is 0.500 bits per heavy atom. The van der Waals surface area contributed by atoms with Crippen molar-refractivity contribution in [2.75, 3.05) is 59.2 Å². The lowest BCUT2D eigenvalue weighted by Gasteiger charge is -2.21. The van der Waals surface area contributed by atoms with Gasteiger partial charge in [0.25, 0.3) is 0 Å². The third-order valence-electron chi connectivity index (χ3n) is 7.95. The summed E-state index contributed by atoms with van der Waals surface area (Å²) in [5, 5.41) is 14.9. The molecule has 0 heterocycles. The number of amides is 6. The fourth-order valence-electron chi connectivity index (χ4n) is 4.67. The van der Waals surface area contributed by atoms with E-state index in [9.17, 15) is 47.9 Å². The first-order chi connectivity index (χ1) is 27.6. The molecule has 0 saturated carbocycles. The fourth-order valence-corrected chi connectivity index (χ4v) is 7.29. The maximum Gasteiger partial charge on any atom is 0.328 e. The number of carbonyl (C=O) groups is 10. The monoisotopic (exact) mass is 882 g/mol. The zero-order chi connectivity index (χ0) is 43.9. The topological polar surface area (TPSA) is 280 Å². The lowest BCUT2D eigenvalue weighted by atomic mass is 10.1. The summed E-state index contributed by atoms with van der Waals surface area (Å²) in [7, 11) is 9.15. The predicted octanol–water partition coefficient (Wildman–Crippen LogP) is -0.582. The third-order valence-corrected chi connectivity index (χ3v) is 10.8. The number of unbranched alkanes of at least 4 members (excludes halogenated alkanes) is 3. The minimum Gasteiger partial charge on any atom is -0.468 e. The van der Waals surface area contributed by atoms with Gasteiger partial charge in [0.2, 0.25) is 35.4 Å². The Morgan fingerprint density at radius 2 is 0.862 bits per heavy atom. The van der Waals surface area contributed by atoms with Crippen molar-refractivity contribution < 1.29 is 66.9 Å². The first-order valence-corrected chi connectivity index (χ1v) is 21.9. The molecule has 0 spiro atoms. The van der Waals surface area contributed by atoms with Crippen LogP contribution in [0.15, 0.2) is 0 Å². The SMILES string of the molecule is CCCCCC(=O)NC(CCC(=O)NC(CSSCC(NC(=O)CCC(NC(=O)CCCCP)C(=O)OC)C(=O)NCC(=O)OC)C(=O)NCC(=O)OC)C(=O)OC. The number of nitrogens with one attached hydrogen (secondary N) is 6. The molecule has 0 aromatic rings. The van der Waals surface area contributed by atoms with Crippen LogP contribution < -0.4 is 31.9 Å². The Balaban J connectivity index is 5.71. The van der Waals surface area contributed by atoms with Crippen LogP contribution in [-0.4, -0.2) is 143 Å². The molecular formula is C35H59N6O14PS2. The summed E-state index contributed by atoms with van der Waals surface area (Å²) in [4.78, 5) is 125. The molecule has 0 aromatic carbocycles. The van der Waals surface area contributed by atoms with Crippen LogP contribution in [0, 0.1) is 0 Å². The van der Waals surface area contributed by atoms with Crippen LogP contribution in [0.25, 0.3) is 0 Å². The van der Waals surface area contributed by atoms with Crippen LogP contribution in [0.5, 0.6) is 0 Å². The van der Waals surface area contributed by atoms with Gasteiger partial charge in [-0.2, -0.15) is 0 Å². The normalized spacial score (nSPS) is 12.6. The molecule has 6 amide bonds. The van der Waals surface area contributed by atoms with Crippen molar-refractivity contribution in [3.05, 3.63) is 0 Å². The van der Waals surface area contributed by atoms with Gasteiger partial charge in [-0.15, -0.1) is 9.24 Å². The van der Waals surface area contributed by atoms with E-state index >= 15 is 0 Å². The fraction of sp³-hybridized carbons (Fsp3) is 0.714. The Bertz CT molecular complexity index is 1280. The Morgan fingerprint density at radius 3 is 1.21 bits per heavy atom. The molecule has 6 N–H and O–H groups in total. The molecule has 0 saturated heterocycles. The molecule has 20 nitrogen and oxygen atoms in total. The number of esters is 4. The molecule has 5 atom stereocenters. The van der Waals surface area contributed by atoms with E-state index in [1.165, 1.54) is 0 Å². The summed E-state index contributed by atoms with van der Waals surface area (Å²) in [6, 6.07) is -4.70. The minimum atomic E-state index is -1.23. The molecular weight excluding hydrogens is 824 g/mol. The van der Waals surface area contributed by atoms with Crippen LogP contribution in [0.4, 0.5) is 0 Å². The van der Waals surface area contributed by atoms with Gasteiger partial charge in [0.1, 0.15) is 37.3 Å². The van der Waals surface area contributed by atoms with Gasteiger partial charge in [0, 0.05) is 37.2 Å². The van der Waals surface area contributed by atoms with Gasteiger partial charge in [0.05, 0.1) is 28.4 Å². The summed E-state index contributed by atoms with van der Waals surface area (Å²) in [5.74, 6) is -6.82. The summed E-state index contributed by atoms with van der Waals surface area (Å²) in [6.45, 7) is 0.981. The van der Waals surface area contributed by atoms with E-state index in [1.807, 2.05) is 6.92 Å². The second-order valence-corrected chi connectivity index (χ2v) is 15.6. The van der Waals surface area contributed by atoms with Crippen molar-refractivity contribution in [2.45, 2.75) is 102 Å². The average Bonchev–Trinajstić information content (AvgIpc) is 3.21. The number of carbonyl (C=O) groups excluding carboxylic acids is 10. The van der Waals surface area contributed by atoms with Gasteiger partial charge in [-0.3, -0.25) is 38.4 Å². The predicted molar refractivity (Wildman–Crippen MR) is 218 cm³/mol. The van der Waals surface area contributed by atoms with Gasteiger partial charge in [-0.1, -0.05) is 41.4 Å². The number of methoxy groups -OCH3 is 4. The Kier molecular flexibility index (Phi) is 30.4.